The maximum atomic E-state index is 12.2. The summed E-state index contributed by atoms with van der Waals surface area (Å²) in [6.07, 6.45) is -4.55. The van der Waals surface area contributed by atoms with Crippen LogP contribution in [0.5, 0.6) is 0 Å². The first-order chi connectivity index (χ1) is 9.61. The van der Waals surface area contributed by atoms with Crippen LogP contribution in [0, 0.1) is 11.3 Å². The summed E-state index contributed by atoms with van der Waals surface area (Å²) in [6.45, 7) is 3.78. The fraction of sp³-hybridized carbons (Fsp3) is 0.846. The molecule has 0 spiro atoms. The third kappa shape index (κ3) is 5.53. The molecule has 124 valence electrons. The Morgan fingerprint density at radius 1 is 0.952 bits per heavy atom. The van der Waals surface area contributed by atoms with E-state index >= 15 is 0 Å². The predicted octanol–water partition coefficient (Wildman–Crippen LogP) is 2.33. The normalized spacial score (nSPS) is 12.4. The number of alkyl halides is 3. The number of ether oxygens (including phenoxy) is 3. The summed E-state index contributed by atoms with van der Waals surface area (Å²) in [7, 11) is 0. The zero-order valence-electron chi connectivity index (χ0n) is 12.6. The molecule has 0 saturated carbocycles. The van der Waals surface area contributed by atoms with Crippen LogP contribution in [0.2, 0.25) is 0 Å². The van der Waals surface area contributed by atoms with Crippen molar-refractivity contribution in [3.05, 3.63) is 0 Å². The van der Waals surface area contributed by atoms with Gasteiger partial charge < -0.3 is 14.2 Å². The molecule has 0 saturated heterocycles. The van der Waals surface area contributed by atoms with Gasteiger partial charge in [-0.05, 0) is 19.8 Å². The standard InChI is InChI=1S/C13H21F3O5/c1-5-20-10(17)12(9(3)4,11(18)21-6-2)7-19-8-13(14,15)16/h9H,5-8H2,1-4H3. The number of carbonyl (C=O) groups is 2. The van der Waals surface area contributed by atoms with E-state index in [2.05, 4.69) is 4.74 Å². The summed E-state index contributed by atoms with van der Waals surface area (Å²) in [5.41, 5.74) is -1.91. The monoisotopic (exact) mass is 314 g/mol. The molecule has 0 aliphatic heterocycles. The number of esters is 2. The molecule has 0 bridgehead atoms. The first kappa shape index (κ1) is 19.7. The van der Waals surface area contributed by atoms with Gasteiger partial charge in [-0.2, -0.15) is 13.2 Å². The highest BCUT2D eigenvalue weighted by atomic mass is 19.4. The number of rotatable bonds is 8. The molecule has 0 rings (SSSR count). The molecule has 0 heterocycles. The summed E-state index contributed by atoms with van der Waals surface area (Å²) < 4.78 is 50.7. The van der Waals surface area contributed by atoms with Crippen molar-refractivity contribution >= 4 is 11.9 Å². The Hall–Kier alpha value is -1.31. The van der Waals surface area contributed by atoms with Gasteiger partial charge in [0.2, 0.25) is 0 Å². The van der Waals surface area contributed by atoms with E-state index < -0.39 is 42.7 Å². The lowest BCUT2D eigenvalue weighted by atomic mass is 9.77. The van der Waals surface area contributed by atoms with E-state index in [4.69, 9.17) is 9.47 Å². The Kier molecular flexibility index (Phi) is 7.70. The molecular weight excluding hydrogens is 293 g/mol. The molecule has 0 aliphatic carbocycles. The van der Waals surface area contributed by atoms with Gasteiger partial charge in [0, 0.05) is 0 Å². The predicted molar refractivity (Wildman–Crippen MR) is 67.4 cm³/mol. The Balaban J connectivity index is 5.28. The van der Waals surface area contributed by atoms with E-state index in [-0.39, 0.29) is 13.2 Å². The van der Waals surface area contributed by atoms with Gasteiger partial charge in [-0.15, -0.1) is 0 Å². The van der Waals surface area contributed by atoms with Crippen LogP contribution in [0.4, 0.5) is 13.2 Å². The second-order valence-electron chi connectivity index (χ2n) is 4.67. The summed E-state index contributed by atoms with van der Waals surface area (Å²) >= 11 is 0. The fourth-order valence-electron chi connectivity index (χ4n) is 1.69. The number of carbonyl (C=O) groups excluding carboxylic acids is 2. The summed E-state index contributed by atoms with van der Waals surface area (Å²) in [6, 6.07) is 0. The Morgan fingerprint density at radius 3 is 1.67 bits per heavy atom. The zero-order valence-corrected chi connectivity index (χ0v) is 12.6. The number of hydrogen-bond acceptors (Lipinski definition) is 5. The van der Waals surface area contributed by atoms with E-state index in [1.807, 2.05) is 0 Å². The van der Waals surface area contributed by atoms with Crippen LogP contribution in [0.15, 0.2) is 0 Å². The average molecular weight is 314 g/mol. The van der Waals surface area contributed by atoms with Crippen LogP contribution in [-0.2, 0) is 23.8 Å². The van der Waals surface area contributed by atoms with Gasteiger partial charge in [0.25, 0.3) is 0 Å². The summed E-state index contributed by atoms with van der Waals surface area (Å²) in [4.78, 5) is 24.2. The second kappa shape index (κ2) is 8.21. The van der Waals surface area contributed by atoms with Crippen molar-refractivity contribution in [1.82, 2.24) is 0 Å². The SMILES string of the molecule is CCOC(=O)C(COCC(F)(F)F)(C(=O)OCC)C(C)C. The number of hydrogen-bond donors (Lipinski definition) is 0. The van der Waals surface area contributed by atoms with E-state index in [0.717, 1.165) is 0 Å². The highest BCUT2D eigenvalue weighted by Crippen LogP contribution is 2.32. The molecule has 0 aromatic heterocycles. The topological polar surface area (TPSA) is 61.8 Å². The minimum Gasteiger partial charge on any atom is -0.465 e. The van der Waals surface area contributed by atoms with E-state index in [1.165, 1.54) is 27.7 Å². The maximum absolute atomic E-state index is 12.2. The van der Waals surface area contributed by atoms with E-state index in [0.29, 0.717) is 0 Å². The lowest BCUT2D eigenvalue weighted by Crippen LogP contribution is -2.50. The summed E-state index contributed by atoms with van der Waals surface area (Å²) in [5, 5.41) is 0. The first-order valence-electron chi connectivity index (χ1n) is 6.60. The van der Waals surface area contributed by atoms with Crippen LogP contribution in [0.3, 0.4) is 0 Å². The first-order valence-corrected chi connectivity index (χ1v) is 6.60. The van der Waals surface area contributed by atoms with Crippen LogP contribution < -0.4 is 0 Å². The average Bonchev–Trinajstić information content (AvgIpc) is 2.33. The molecule has 8 heteroatoms. The molecule has 0 amide bonds. The van der Waals surface area contributed by atoms with Crippen LogP contribution in [0.25, 0.3) is 0 Å². The number of halogens is 3. The van der Waals surface area contributed by atoms with Crippen molar-refractivity contribution in [1.29, 1.82) is 0 Å². The van der Waals surface area contributed by atoms with Gasteiger partial charge in [0.15, 0.2) is 5.41 Å². The summed E-state index contributed by atoms with van der Waals surface area (Å²) in [5.74, 6) is -2.54. The molecule has 0 radical (unpaired) electrons. The molecule has 0 aromatic rings. The highest BCUT2D eigenvalue weighted by molar-refractivity contribution is 6.00. The Bertz CT molecular complexity index is 334. The molecule has 0 unspecified atom stereocenters. The van der Waals surface area contributed by atoms with Gasteiger partial charge >= 0.3 is 18.1 Å². The Labute approximate surface area is 121 Å². The van der Waals surface area contributed by atoms with Crippen molar-refractivity contribution in [2.75, 3.05) is 26.4 Å². The quantitative estimate of drug-likeness (QED) is 0.508. The van der Waals surface area contributed by atoms with Gasteiger partial charge in [-0.3, -0.25) is 9.59 Å². The van der Waals surface area contributed by atoms with Crippen molar-refractivity contribution in [3.8, 4) is 0 Å². The van der Waals surface area contributed by atoms with Gasteiger partial charge in [0.05, 0.1) is 19.8 Å². The van der Waals surface area contributed by atoms with E-state index in [1.54, 1.807) is 0 Å². The molecule has 0 aromatic carbocycles. The van der Waals surface area contributed by atoms with Crippen molar-refractivity contribution in [2.24, 2.45) is 11.3 Å². The third-order valence-corrected chi connectivity index (χ3v) is 2.86. The van der Waals surface area contributed by atoms with Gasteiger partial charge in [0.1, 0.15) is 6.61 Å². The maximum Gasteiger partial charge on any atom is 0.411 e. The minimum absolute atomic E-state index is 0.00796. The lowest BCUT2D eigenvalue weighted by molar-refractivity contribution is -0.199. The van der Waals surface area contributed by atoms with Crippen molar-refractivity contribution in [3.63, 3.8) is 0 Å². The smallest absolute Gasteiger partial charge is 0.411 e. The lowest BCUT2D eigenvalue weighted by Gasteiger charge is -2.32. The van der Waals surface area contributed by atoms with Crippen molar-refractivity contribution in [2.45, 2.75) is 33.9 Å². The van der Waals surface area contributed by atoms with Crippen LogP contribution >= 0.6 is 0 Å². The minimum atomic E-state index is -4.55. The highest BCUT2D eigenvalue weighted by Gasteiger charge is 2.52. The fourth-order valence-corrected chi connectivity index (χ4v) is 1.69. The van der Waals surface area contributed by atoms with Crippen molar-refractivity contribution < 1.29 is 37.0 Å². The molecular formula is C13H21F3O5. The van der Waals surface area contributed by atoms with Gasteiger partial charge in [-0.25, -0.2) is 0 Å². The molecule has 0 aliphatic rings. The third-order valence-electron chi connectivity index (χ3n) is 2.86. The zero-order chi connectivity index (χ0) is 16.7. The van der Waals surface area contributed by atoms with Gasteiger partial charge in [-0.1, -0.05) is 13.8 Å². The second-order valence-corrected chi connectivity index (χ2v) is 4.67. The molecule has 21 heavy (non-hydrogen) atoms. The van der Waals surface area contributed by atoms with Crippen LogP contribution in [0.1, 0.15) is 27.7 Å². The molecule has 0 N–H and O–H groups in total. The Morgan fingerprint density at radius 2 is 1.38 bits per heavy atom. The molecule has 5 nitrogen and oxygen atoms in total. The molecule has 0 atom stereocenters. The largest absolute Gasteiger partial charge is 0.465 e. The molecule has 0 fully saturated rings. The van der Waals surface area contributed by atoms with E-state index in [9.17, 15) is 22.8 Å². The van der Waals surface area contributed by atoms with Crippen LogP contribution in [-0.4, -0.2) is 44.5 Å².